The van der Waals surface area contributed by atoms with Crippen molar-refractivity contribution < 1.29 is 34.5 Å². The van der Waals surface area contributed by atoms with Gasteiger partial charge in [-0.1, -0.05) is 0 Å². The number of aromatic nitrogens is 1. The largest absolute Gasteiger partial charge is 0.394 e. The lowest BCUT2D eigenvalue weighted by atomic mass is 9.98. The number of ketones is 1. The summed E-state index contributed by atoms with van der Waals surface area (Å²) in [6.07, 6.45) is -2.79. The molecule has 10 heteroatoms. The predicted molar refractivity (Wildman–Crippen MR) is 87.6 cm³/mol. The number of aliphatic hydroxyl groups is 4. The normalized spacial score (nSPS) is 28.6. The molecular weight excluding hydrogens is 346 g/mol. The van der Waals surface area contributed by atoms with Gasteiger partial charge in [-0.3, -0.25) is 9.80 Å². The van der Waals surface area contributed by atoms with E-state index in [0.717, 1.165) is 0 Å². The Labute approximate surface area is 150 Å². The monoisotopic (exact) mass is 370 g/mol. The molecule has 0 radical (unpaired) electrons. The average molecular weight is 370 g/mol. The van der Waals surface area contributed by atoms with Gasteiger partial charge in [-0.05, 0) is 12.5 Å². The summed E-state index contributed by atoms with van der Waals surface area (Å²) in [6, 6.07) is 3.19. The third-order valence-electron chi connectivity index (χ3n) is 4.33. The van der Waals surface area contributed by atoms with Gasteiger partial charge < -0.3 is 25.2 Å². The highest BCUT2D eigenvalue weighted by atomic mass is 16.6. The van der Waals surface area contributed by atoms with Crippen LogP contribution in [0.4, 0.5) is 0 Å². The number of carbonyl (C=O) groups is 1. The molecule has 1 aliphatic rings. The van der Waals surface area contributed by atoms with Gasteiger partial charge in [-0.25, -0.2) is 0 Å². The van der Waals surface area contributed by atoms with Crippen LogP contribution in [0.5, 0.6) is 0 Å². The van der Waals surface area contributed by atoms with Crippen LogP contribution < -0.4 is 4.57 Å². The quantitative estimate of drug-likeness (QED) is 0.188. The lowest BCUT2D eigenvalue weighted by Crippen LogP contribution is -2.62. The van der Waals surface area contributed by atoms with Crippen molar-refractivity contribution in [2.24, 2.45) is 5.29 Å². The van der Waals surface area contributed by atoms with Gasteiger partial charge in [-0.15, -0.1) is 4.91 Å². The maximum atomic E-state index is 12.3. The molecule has 1 aromatic rings. The molecular formula is C16H24N3O7+. The Kier molecular flexibility index (Phi) is 7.12. The van der Waals surface area contributed by atoms with Crippen molar-refractivity contribution in [2.45, 2.75) is 43.5 Å². The zero-order valence-corrected chi connectivity index (χ0v) is 14.4. The minimum atomic E-state index is -1.50. The van der Waals surface area contributed by atoms with E-state index >= 15 is 0 Å². The Hall–Kier alpha value is -1.98. The SMILES string of the molecule is CN(CCCC(=O)c1ccc[n+](C2O[C@H](CO)[C@H](O)[C@H](O)[C@H]2O)c1)N=O. The Morgan fingerprint density at radius 1 is 1.31 bits per heavy atom. The number of rotatable bonds is 8. The van der Waals surface area contributed by atoms with Crippen molar-refractivity contribution in [3.8, 4) is 0 Å². The summed E-state index contributed by atoms with van der Waals surface area (Å²) in [5.74, 6) is -0.164. The van der Waals surface area contributed by atoms with E-state index in [4.69, 9.17) is 4.74 Å². The molecule has 2 heterocycles. The number of nitroso groups, excluding NO2 is 1. The van der Waals surface area contributed by atoms with Crippen molar-refractivity contribution in [1.29, 1.82) is 0 Å². The van der Waals surface area contributed by atoms with Gasteiger partial charge in [0.2, 0.25) is 0 Å². The minimum Gasteiger partial charge on any atom is -0.394 e. The number of hydrogen-bond donors (Lipinski definition) is 4. The van der Waals surface area contributed by atoms with E-state index in [1.807, 2.05) is 0 Å². The third kappa shape index (κ3) is 4.59. The lowest BCUT2D eigenvalue weighted by Gasteiger charge is -2.36. The first-order chi connectivity index (χ1) is 12.4. The fraction of sp³-hybridized carbons (Fsp3) is 0.625. The molecule has 1 aromatic heterocycles. The van der Waals surface area contributed by atoms with Gasteiger partial charge in [0, 0.05) is 26.1 Å². The number of pyridine rings is 1. The van der Waals surface area contributed by atoms with Gasteiger partial charge in [-0.2, -0.15) is 4.57 Å². The zero-order valence-electron chi connectivity index (χ0n) is 14.4. The second-order valence-corrected chi connectivity index (χ2v) is 6.25. The number of carbonyl (C=O) groups excluding carboxylic acids is 1. The molecule has 1 fully saturated rings. The molecule has 1 unspecified atom stereocenters. The molecule has 10 nitrogen and oxygen atoms in total. The topological polar surface area (TPSA) is 144 Å². The summed E-state index contributed by atoms with van der Waals surface area (Å²) >= 11 is 0. The molecule has 0 aromatic carbocycles. The summed E-state index contributed by atoms with van der Waals surface area (Å²) in [6.45, 7) is -0.173. The Morgan fingerprint density at radius 3 is 2.69 bits per heavy atom. The van der Waals surface area contributed by atoms with Crippen molar-refractivity contribution in [3.05, 3.63) is 35.0 Å². The highest BCUT2D eigenvalue weighted by molar-refractivity contribution is 5.95. The molecule has 0 spiro atoms. The maximum Gasteiger partial charge on any atom is 0.292 e. The van der Waals surface area contributed by atoms with Gasteiger partial charge in [0.1, 0.15) is 18.3 Å². The van der Waals surface area contributed by atoms with Crippen LogP contribution in [-0.2, 0) is 4.74 Å². The minimum absolute atomic E-state index is 0.164. The summed E-state index contributed by atoms with van der Waals surface area (Å²) in [7, 11) is 1.52. The van der Waals surface area contributed by atoms with Crippen LogP contribution in [0.2, 0.25) is 0 Å². The smallest absolute Gasteiger partial charge is 0.292 e. The van der Waals surface area contributed by atoms with E-state index in [-0.39, 0.29) is 12.2 Å². The number of hydrogen-bond acceptors (Lipinski definition) is 8. The van der Waals surface area contributed by atoms with Crippen LogP contribution in [-0.4, -0.2) is 75.8 Å². The van der Waals surface area contributed by atoms with Crippen molar-refractivity contribution in [2.75, 3.05) is 20.2 Å². The molecule has 0 aliphatic carbocycles. The maximum absolute atomic E-state index is 12.3. The fourth-order valence-electron chi connectivity index (χ4n) is 2.80. The van der Waals surface area contributed by atoms with E-state index in [2.05, 4.69) is 5.29 Å². The first kappa shape index (κ1) is 20.3. The molecule has 5 atom stereocenters. The van der Waals surface area contributed by atoms with Crippen molar-refractivity contribution in [1.82, 2.24) is 5.01 Å². The molecule has 2 rings (SSSR count). The summed E-state index contributed by atoms with van der Waals surface area (Å²) in [5, 5.41) is 43.1. The number of aliphatic hydroxyl groups excluding tert-OH is 4. The highest BCUT2D eigenvalue weighted by Crippen LogP contribution is 2.24. The second kappa shape index (κ2) is 9.10. The van der Waals surface area contributed by atoms with Crippen LogP contribution in [0.25, 0.3) is 0 Å². The molecule has 4 N–H and O–H groups in total. The van der Waals surface area contributed by atoms with Gasteiger partial charge in [0.15, 0.2) is 24.3 Å². The predicted octanol–water partition coefficient (Wildman–Crippen LogP) is -1.48. The molecule has 1 saturated heterocycles. The third-order valence-corrected chi connectivity index (χ3v) is 4.33. The Balaban J connectivity index is 2.10. The van der Waals surface area contributed by atoms with Crippen LogP contribution >= 0.6 is 0 Å². The van der Waals surface area contributed by atoms with Gasteiger partial charge in [0.05, 0.1) is 17.5 Å². The average Bonchev–Trinajstić information content (AvgIpc) is 2.66. The molecule has 1 aliphatic heterocycles. The number of Topliss-reactive ketones (excluding diaryl/α,β-unsaturated/α-hetero) is 1. The van der Waals surface area contributed by atoms with E-state index in [1.54, 1.807) is 18.3 Å². The Bertz CT molecular complexity index is 628. The van der Waals surface area contributed by atoms with E-state index in [9.17, 15) is 30.1 Å². The van der Waals surface area contributed by atoms with Crippen LogP contribution in [0, 0.1) is 4.91 Å². The molecule has 0 bridgehead atoms. The van der Waals surface area contributed by atoms with Gasteiger partial charge >= 0.3 is 0 Å². The first-order valence-electron chi connectivity index (χ1n) is 8.28. The van der Waals surface area contributed by atoms with Crippen LogP contribution in [0.1, 0.15) is 29.4 Å². The van der Waals surface area contributed by atoms with E-state index in [1.165, 1.54) is 22.8 Å². The first-order valence-corrected chi connectivity index (χ1v) is 8.28. The zero-order chi connectivity index (χ0) is 19.3. The number of ether oxygens (including phenoxy) is 1. The van der Waals surface area contributed by atoms with Crippen LogP contribution in [0.15, 0.2) is 29.8 Å². The lowest BCUT2D eigenvalue weighted by molar-refractivity contribution is -0.778. The number of nitrogens with zero attached hydrogens (tertiary/aromatic N) is 3. The molecule has 0 amide bonds. The summed E-state index contributed by atoms with van der Waals surface area (Å²) in [5.41, 5.74) is 0.367. The van der Waals surface area contributed by atoms with Gasteiger partial charge in [0.25, 0.3) is 6.23 Å². The van der Waals surface area contributed by atoms with Crippen molar-refractivity contribution in [3.63, 3.8) is 0 Å². The summed E-state index contributed by atoms with van der Waals surface area (Å²) < 4.78 is 6.88. The van der Waals surface area contributed by atoms with E-state index in [0.29, 0.717) is 18.5 Å². The second-order valence-electron chi connectivity index (χ2n) is 6.25. The molecule has 0 saturated carbocycles. The van der Waals surface area contributed by atoms with Crippen molar-refractivity contribution >= 4 is 5.78 Å². The fourth-order valence-corrected chi connectivity index (χ4v) is 2.80. The molecule has 26 heavy (non-hydrogen) atoms. The summed E-state index contributed by atoms with van der Waals surface area (Å²) in [4.78, 5) is 22.6. The molecule has 144 valence electrons. The Morgan fingerprint density at radius 2 is 2.04 bits per heavy atom. The van der Waals surface area contributed by atoms with Crippen LogP contribution in [0.3, 0.4) is 0 Å². The van der Waals surface area contributed by atoms with E-state index < -0.39 is 37.3 Å². The highest BCUT2D eigenvalue weighted by Gasteiger charge is 2.48. The standard InChI is InChI=1S/C16H24N3O7/c1-18(17-25)6-3-5-11(21)10-4-2-7-19(8-10)16-15(24)14(23)13(22)12(9-20)26-16/h2,4,7-8,12-16,20,22-24H,3,5-6,9H2,1H3/q+1/t12-,13+,14+,15-,16?/m1/s1.